The minimum atomic E-state index is -1.42. The van der Waals surface area contributed by atoms with Crippen LogP contribution in [0.4, 0.5) is 32.3 Å². The number of Topliss-reactive ketones (excluding diaryl/α,β-unsaturated/α-hetero) is 1. The molecule has 2 N–H and O–H groups in total. The van der Waals surface area contributed by atoms with E-state index in [2.05, 4.69) is 69.5 Å². The van der Waals surface area contributed by atoms with Crippen molar-refractivity contribution in [2.45, 2.75) is 285 Å². The summed E-state index contributed by atoms with van der Waals surface area (Å²) in [5, 5.41) is 27.2. The molecule has 7 fully saturated rings. The molecule has 0 atom stereocenters. The van der Waals surface area contributed by atoms with Gasteiger partial charge < -0.3 is 133 Å². The molecule has 4 amide bonds. The molecule has 0 radical (unpaired) electrons. The van der Waals surface area contributed by atoms with Crippen LogP contribution in [0.3, 0.4) is 0 Å². The number of aliphatic hydroxyl groups is 1. The molecule has 21 nitrogen and oxygen atoms in total. The van der Waals surface area contributed by atoms with Crippen molar-refractivity contribution in [1.29, 1.82) is 0 Å². The van der Waals surface area contributed by atoms with Crippen LogP contribution in [0.15, 0.2) is 95.5 Å². The molecule has 40 heteroatoms. The number of carbonyl (C=O) groups is 5. The van der Waals surface area contributed by atoms with Gasteiger partial charge in [-0.1, -0.05) is 92.5 Å². The predicted molar refractivity (Wildman–Crippen MR) is 548 cm³/mol. The summed E-state index contributed by atoms with van der Waals surface area (Å²) in [5.74, 6) is 1.13. The third-order valence-corrected chi connectivity index (χ3v) is 20.5. The van der Waals surface area contributed by atoms with Gasteiger partial charge in [0.25, 0.3) is 0 Å². The largest absolute Gasteiger partial charge is 2.00 e. The maximum absolute atomic E-state index is 13.8. The van der Waals surface area contributed by atoms with Crippen LogP contribution in [0.5, 0.6) is 11.5 Å². The fourth-order valence-electron chi connectivity index (χ4n) is 12.8. The zero-order chi connectivity index (χ0) is 101. The van der Waals surface area contributed by atoms with Gasteiger partial charge in [-0.15, -0.1) is 21.9 Å². The maximum Gasteiger partial charge on any atom is 2.00 e. The average molecular weight is 2500 g/mol. The summed E-state index contributed by atoms with van der Waals surface area (Å²) >= 11 is 40.1. The second-order valence-electron chi connectivity index (χ2n) is 38.5. The van der Waals surface area contributed by atoms with Crippen LogP contribution < -0.4 is 125 Å². The number of fused-ring (bicyclic) bond motifs is 2. The molecule has 0 saturated carbocycles. The molecule has 3 spiro atoms. The Balaban J connectivity index is -0.000000356. The van der Waals surface area contributed by atoms with E-state index in [1.165, 1.54) is 85.0 Å². The fourth-order valence-corrected chi connectivity index (χ4v) is 14.1. The molecule has 9 heterocycles. The van der Waals surface area contributed by atoms with Gasteiger partial charge in [-0.25, -0.2) is 32.3 Å². The normalized spacial score (nSPS) is 16.4. The van der Waals surface area contributed by atoms with Gasteiger partial charge in [0, 0.05) is 136 Å². The zero-order valence-corrected chi connectivity index (χ0v) is 106. The Hall–Kier alpha value is 0.138. The molecule has 0 aromatic heterocycles. The van der Waals surface area contributed by atoms with E-state index in [1.54, 1.807) is 70.9 Å². The Labute approximate surface area is 986 Å². The number of piperidine rings is 5. The van der Waals surface area contributed by atoms with Crippen LogP contribution in [0.2, 0.25) is 25.1 Å². The van der Waals surface area contributed by atoms with Crippen LogP contribution in [0, 0.1) is 29.9 Å². The Bertz CT molecular complexity index is 4240. The van der Waals surface area contributed by atoms with Gasteiger partial charge in [0.2, 0.25) is 0 Å². The molecule has 780 valence electrons. The molecule has 138 heavy (non-hydrogen) atoms. The van der Waals surface area contributed by atoms with Gasteiger partial charge >= 0.3 is 150 Å². The predicted octanol–water partition coefficient (Wildman–Crippen LogP) is 12.2. The van der Waals surface area contributed by atoms with Gasteiger partial charge in [-0.05, 0) is 265 Å². The zero-order valence-electron chi connectivity index (χ0n) is 85.5. The summed E-state index contributed by atoms with van der Waals surface area (Å²) in [7, 11) is -1.42. The minimum Gasteiger partial charge on any atom is -1.00 e. The number of nitrogens with one attached hydrogen (secondary N) is 1. The van der Waals surface area contributed by atoms with Crippen molar-refractivity contribution in [3.63, 3.8) is 0 Å². The van der Waals surface area contributed by atoms with Crippen LogP contribution in [0.1, 0.15) is 232 Å². The first-order valence-electron chi connectivity index (χ1n) is 44.4. The second kappa shape index (κ2) is 74.2. The standard InChI is InChI=1S/C17H23ClFNO3.C17H22ClNO3.C12H14ClNO.C11H19NO3.C10H17NO3.C6H3BrClF.C6H3ClF.C4H8O.C4H9O.C3H9OS.C3H8.C3H7.C2H6S.2BrH.ClH.Cu.HI.K.2Mg/c1-16(2,3)23-15(21)20-8-6-17(22,7-9-20)11-12-10-13(18)4-5-14(12)19;1-16(2,3)22-15(20)19-8-6-17(7-9-19)11-12-10-13(18)4-5-14(12)21-17;13-10-1-2-11-9(7-10)8-12(15-11)3-5-14-6-4-12;1-10(2,3)15-9(13)12-6-4-11(5-7-12)8-14-11;1-10(2,3)14-9(13)11-6-4-8(12)5-7-11;7-5-3-4(8)1-2-6(5)9;7-5-1-3-6(8)4-2-5;1-2-4-5-3-1;1-4(2,3)5;1-5(2,3)4;3*1-3-2;;;;;;;;/h4-5,10,22H,6-9,11H2,1-3H3;4-5,10H,6-9,11H2,1-3H3;1-2,7,14H,3-6,8H2;4-8H2,1-3H3;4-7H2,1-3H3;1-3H;1-3H;1-4H2;2*1-3H3;3H2,1-2H3;3H,1-2H3;1-2H3;3*1H;;1H;;;/q;;;;;;-1;;-1;+1;;-1;;;;;+1;;+1;2*+2/p-4. The number of ether oxygens (including phenoxy) is 8. The SMILES string of the molecule is C1CCOC1.CC(C)(C)OC(=O)N1CCC(=O)CC1.CC(C)(C)OC(=O)N1CCC(O)(Cc2cc(Cl)ccc2F)CC1.CC(C)(C)OC(=O)N1CCC2(CC1)CO2.CC(C)(C)OC(=O)N1CCC2(CC1)Cc1cc(Cl)ccc1O2.CC(C)(C)[O-].CCC.CSC.C[CH-]C.C[S+](C)(C)=O.Clc1ccc2c(c1)CC1(CCNCC1)O2.Fc1[c-]cc(Cl)cc1.Fc1ccc(Cl)cc1Br.[Br-].[Cl-].[Cu][Br].[I-].[K+].[Mg+2].[Mg+2]. The van der Waals surface area contributed by atoms with Crippen molar-refractivity contribution >= 4 is 186 Å². The number of hydrogen-bond acceptors (Lipinski definition) is 18. The summed E-state index contributed by atoms with van der Waals surface area (Å²) in [6.07, 6.45) is 23.4. The molecule has 9 aliphatic heterocycles. The maximum atomic E-state index is 13.8. The summed E-state index contributed by atoms with van der Waals surface area (Å²) < 4.78 is 92.6. The van der Waals surface area contributed by atoms with Gasteiger partial charge in [0.15, 0.2) is 0 Å². The minimum absolute atomic E-state index is 0. The van der Waals surface area contributed by atoms with E-state index >= 15 is 0 Å². The van der Waals surface area contributed by atoms with Crippen LogP contribution >= 0.6 is 99.8 Å². The molecule has 0 bridgehead atoms. The smallest absolute Gasteiger partial charge is 1.00 e. The van der Waals surface area contributed by atoms with Crippen molar-refractivity contribution in [2.75, 3.05) is 117 Å². The third-order valence-electron chi connectivity index (χ3n) is 18.7. The number of benzene rings is 5. The first-order valence-corrected chi connectivity index (χ1v) is 53.8. The average Bonchev–Trinajstić information content (AvgIpc) is 1.62. The van der Waals surface area contributed by atoms with Crippen molar-refractivity contribution in [3.8, 4) is 11.5 Å². The van der Waals surface area contributed by atoms with Crippen LogP contribution in [-0.2, 0) is 80.8 Å². The molecule has 14 rings (SSSR count). The van der Waals surface area contributed by atoms with E-state index in [4.69, 9.17) is 95.9 Å². The summed E-state index contributed by atoms with van der Waals surface area (Å²) in [6, 6.07) is 26.8. The molecular weight excluding hydrogens is 2350 g/mol. The first-order chi connectivity index (χ1) is 61.1. The van der Waals surface area contributed by atoms with E-state index in [0.29, 0.717) is 90.1 Å². The van der Waals surface area contributed by atoms with Crippen LogP contribution in [-0.4, -0.2) is 268 Å². The Morgan fingerprint density at radius 1 is 0.565 bits per heavy atom. The molecule has 5 aromatic carbocycles. The number of thioether (sulfide) groups is 1. The number of ketones is 1. The summed E-state index contributed by atoms with van der Waals surface area (Å²) in [4.78, 5) is 65.0. The Morgan fingerprint density at radius 2 is 0.862 bits per heavy atom. The quantitative estimate of drug-likeness (QED) is 0.0317. The van der Waals surface area contributed by atoms with E-state index < -0.39 is 43.5 Å². The number of halogens is 13. The van der Waals surface area contributed by atoms with Crippen LogP contribution in [0.25, 0.3) is 0 Å². The number of amides is 4. The second-order valence-corrected chi connectivity index (χ2v) is 45.8. The molecule has 5 aromatic rings. The monoisotopic (exact) mass is 2500 g/mol. The number of rotatable bonds is 2. The number of nitrogens with zero attached hydrogens (tertiary/aromatic N) is 4. The molecule has 7 saturated heterocycles. The van der Waals surface area contributed by atoms with Crippen molar-refractivity contribution in [2.24, 2.45) is 0 Å². The number of carbonyl (C=O) groups excluding carboxylic acids is 5. The number of epoxide rings is 1. The van der Waals surface area contributed by atoms with Gasteiger partial charge in [0.05, 0.1) is 32.2 Å². The topological polar surface area (TPSA) is 248 Å². The summed E-state index contributed by atoms with van der Waals surface area (Å²) in [5.41, 5.74) is -0.835. The summed E-state index contributed by atoms with van der Waals surface area (Å²) in [6.45, 7) is 45.0. The molecular formula is C98H148Br3Cl6CuF3IKMg2N5O16S2. The number of likely N-dealkylation sites (tertiary alicyclic amines) is 4. The van der Waals surface area contributed by atoms with E-state index in [0.717, 1.165) is 119 Å². The number of hydrogen-bond donors (Lipinski definition) is 2. The van der Waals surface area contributed by atoms with Crippen molar-refractivity contribution in [1.82, 2.24) is 24.9 Å². The molecule has 0 unspecified atom stereocenters. The molecule has 9 aliphatic rings. The van der Waals surface area contributed by atoms with Gasteiger partial charge in [-0.2, -0.15) is 49.3 Å². The van der Waals surface area contributed by atoms with Crippen molar-refractivity contribution < 1.29 is 208 Å². The fraction of sp³-hybridized carbons (Fsp3) is 0.633. The van der Waals surface area contributed by atoms with E-state index in [-0.39, 0.29) is 222 Å². The van der Waals surface area contributed by atoms with Gasteiger partial charge in [-0.3, -0.25) is 4.79 Å². The van der Waals surface area contributed by atoms with Crippen molar-refractivity contribution in [3.05, 3.63) is 167 Å². The van der Waals surface area contributed by atoms with E-state index in [9.17, 15) is 51.6 Å². The third kappa shape index (κ3) is 69.5. The Morgan fingerprint density at radius 3 is 1.16 bits per heavy atom. The Kier molecular flexibility index (Phi) is 80.0. The first kappa shape index (κ1) is 149. The van der Waals surface area contributed by atoms with E-state index in [1.807, 2.05) is 152 Å². The molecule has 0 aliphatic carbocycles. The van der Waals surface area contributed by atoms with Gasteiger partial charge in [0.1, 0.15) is 81.3 Å².